The molecule has 1 aliphatic heterocycles. The molecule has 96 valence electrons. The number of benzene rings is 1. The molecule has 1 atom stereocenters. The number of para-hydroxylation sites is 1. The lowest BCUT2D eigenvalue weighted by atomic mass is 10.1. The summed E-state index contributed by atoms with van der Waals surface area (Å²) in [6.07, 6.45) is 1.51. The van der Waals surface area contributed by atoms with Crippen molar-refractivity contribution in [2.45, 2.75) is 12.6 Å². The molecule has 0 bridgehead atoms. The van der Waals surface area contributed by atoms with E-state index in [1.807, 2.05) is 12.3 Å². The minimum Gasteiger partial charge on any atom is -0.361 e. The Kier molecular flexibility index (Phi) is 3.41. The molecule has 19 heavy (non-hydrogen) atoms. The number of hydrogen-bond donors (Lipinski definition) is 0. The number of nitrogens with zero attached hydrogens (tertiary/aromatic N) is 3. The lowest BCUT2D eigenvalue weighted by Gasteiger charge is -2.29. The van der Waals surface area contributed by atoms with Gasteiger partial charge in [-0.3, -0.25) is 9.88 Å². The smallest absolute Gasteiger partial charge is 0.156 e. The van der Waals surface area contributed by atoms with Gasteiger partial charge in [0.2, 0.25) is 0 Å². The summed E-state index contributed by atoms with van der Waals surface area (Å²) in [6.45, 7) is 2.97. The maximum atomic E-state index is 8.93. The molecule has 0 N–H and O–H groups in total. The molecule has 1 aromatic carbocycles. The molecular weight excluding hydrogens is 238 g/mol. The monoisotopic (exact) mass is 253 g/mol. The first-order valence-corrected chi connectivity index (χ1v) is 6.43. The van der Waals surface area contributed by atoms with Crippen LogP contribution in [-0.2, 0) is 11.3 Å². The molecule has 1 aliphatic rings. The maximum absolute atomic E-state index is 8.93. The second-order valence-corrected chi connectivity index (χ2v) is 4.72. The number of rotatable bonds is 2. The third-order valence-electron chi connectivity index (χ3n) is 3.40. The van der Waals surface area contributed by atoms with Crippen molar-refractivity contribution in [3.05, 3.63) is 42.1 Å². The highest BCUT2D eigenvalue weighted by atomic mass is 16.5. The van der Waals surface area contributed by atoms with Crippen LogP contribution in [0.4, 0.5) is 0 Å². The third kappa shape index (κ3) is 2.58. The fourth-order valence-corrected chi connectivity index (χ4v) is 2.46. The van der Waals surface area contributed by atoms with Gasteiger partial charge in [0.05, 0.1) is 18.2 Å². The molecule has 0 amide bonds. The molecule has 0 spiro atoms. The molecule has 0 aliphatic carbocycles. The van der Waals surface area contributed by atoms with Crippen LogP contribution in [-0.4, -0.2) is 35.7 Å². The van der Waals surface area contributed by atoms with E-state index in [1.54, 1.807) is 0 Å². The Morgan fingerprint density at radius 2 is 2.26 bits per heavy atom. The van der Waals surface area contributed by atoms with E-state index in [0.717, 1.165) is 24.0 Å². The van der Waals surface area contributed by atoms with Gasteiger partial charge in [-0.25, -0.2) is 0 Å². The van der Waals surface area contributed by atoms with E-state index in [0.29, 0.717) is 13.2 Å². The minimum atomic E-state index is -0.309. The van der Waals surface area contributed by atoms with Crippen molar-refractivity contribution >= 4 is 10.9 Å². The zero-order valence-electron chi connectivity index (χ0n) is 10.6. The largest absolute Gasteiger partial charge is 0.361 e. The van der Waals surface area contributed by atoms with E-state index in [9.17, 15) is 0 Å². The minimum absolute atomic E-state index is 0.309. The zero-order valence-corrected chi connectivity index (χ0v) is 10.6. The van der Waals surface area contributed by atoms with Gasteiger partial charge in [0.25, 0.3) is 0 Å². The van der Waals surface area contributed by atoms with Crippen molar-refractivity contribution in [2.24, 2.45) is 0 Å². The normalized spacial score (nSPS) is 20.3. The standard InChI is InChI=1S/C15H15N3O/c16-9-14-11-18(7-8-19-14)10-13-4-1-3-12-5-2-6-17-15(12)13/h1-6,14H,7-8,10-11H2. The van der Waals surface area contributed by atoms with Crippen LogP contribution in [0, 0.1) is 11.3 Å². The van der Waals surface area contributed by atoms with Crippen LogP contribution < -0.4 is 0 Å². The van der Waals surface area contributed by atoms with Gasteiger partial charge in [0, 0.05) is 31.2 Å². The number of pyridine rings is 1. The number of fused-ring (bicyclic) bond motifs is 1. The zero-order chi connectivity index (χ0) is 13.1. The number of hydrogen-bond acceptors (Lipinski definition) is 4. The van der Waals surface area contributed by atoms with Crippen molar-refractivity contribution < 1.29 is 4.74 Å². The second-order valence-electron chi connectivity index (χ2n) is 4.72. The summed E-state index contributed by atoms with van der Waals surface area (Å²) in [4.78, 5) is 6.71. The van der Waals surface area contributed by atoms with Gasteiger partial charge in [0.15, 0.2) is 6.10 Å². The molecule has 1 aromatic heterocycles. The highest BCUT2D eigenvalue weighted by Crippen LogP contribution is 2.18. The number of morpholine rings is 1. The quantitative estimate of drug-likeness (QED) is 0.821. The van der Waals surface area contributed by atoms with Crippen LogP contribution in [0.5, 0.6) is 0 Å². The molecule has 2 heterocycles. The van der Waals surface area contributed by atoms with E-state index in [2.05, 4.69) is 40.2 Å². The SMILES string of the molecule is N#CC1CN(Cc2cccc3cccnc23)CCO1. The molecule has 0 radical (unpaired) electrons. The summed E-state index contributed by atoms with van der Waals surface area (Å²) < 4.78 is 5.36. The summed E-state index contributed by atoms with van der Waals surface area (Å²) in [5.41, 5.74) is 2.25. The van der Waals surface area contributed by atoms with Crippen molar-refractivity contribution in [1.29, 1.82) is 5.26 Å². The summed E-state index contributed by atoms with van der Waals surface area (Å²) in [7, 11) is 0. The summed E-state index contributed by atoms with van der Waals surface area (Å²) >= 11 is 0. The first-order chi connectivity index (χ1) is 9.36. The van der Waals surface area contributed by atoms with Crippen LogP contribution in [0.3, 0.4) is 0 Å². The highest BCUT2D eigenvalue weighted by Gasteiger charge is 2.20. The number of aromatic nitrogens is 1. The molecule has 1 fully saturated rings. The van der Waals surface area contributed by atoms with E-state index in [1.165, 1.54) is 5.56 Å². The van der Waals surface area contributed by atoms with Crippen molar-refractivity contribution in [3.63, 3.8) is 0 Å². The predicted octanol–water partition coefficient (Wildman–Crippen LogP) is 1.96. The Balaban J connectivity index is 1.83. The molecule has 2 aromatic rings. The van der Waals surface area contributed by atoms with Crippen LogP contribution in [0.1, 0.15) is 5.56 Å². The second kappa shape index (κ2) is 5.35. The summed E-state index contributed by atoms with van der Waals surface area (Å²) in [6, 6.07) is 12.4. The molecule has 0 saturated carbocycles. The van der Waals surface area contributed by atoms with E-state index < -0.39 is 0 Å². The molecule has 1 unspecified atom stereocenters. The summed E-state index contributed by atoms with van der Waals surface area (Å²) in [5, 5.41) is 10.1. The lowest BCUT2D eigenvalue weighted by molar-refractivity contribution is -0.00256. The topological polar surface area (TPSA) is 49.2 Å². The molecular formula is C15H15N3O. The Hall–Kier alpha value is -1.96. The van der Waals surface area contributed by atoms with E-state index in [-0.39, 0.29) is 6.10 Å². The molecule has 4 heteroatoms. The highest BCUT2D eigenvalue weighted by molar-refractivity contribution is 5.81. The Bertz CT molecular complexity index is 615. The molecule has 3 rings (SSSR count). The fourth-order valence-electron chi connectivity index (χ4n) is 2.46. The summed E-state index contributed by atoms with van der Waals surface area (Å²) in [5.74, 6) is 0. The fraction of sp³-hybridized carbons (Fsp3) is 0.333. The predicted molar refractivity (Wildman–Crippen MR) is 72.4 cm³/mol. The molecule has 4 nitrogen and oxygen atoms in total. The lowest BCUT2D eigenvalue weighted by Crippen LogP contribution is -2.41. The average Bonchev–Trinajstić information content (AvgIpc) is 2.48. The number of ether oxygens (including phenoxy) is 1. The Labute approximate surface area is 112 Å². The van der Waals surface area contributed by atoms with E-state index in [4.69, 9.17) is 10.00 Å². The van der Waals surface area contributed by atoms with Crippen LogP contribution in [0.2, 0.25) is 0 Å². The average molecular weight is 253 g/mol. The van der Waals surface area contributed by atoms with Gasteiger partial charge in [-0.15, -0.1) is 0 Å². The van der Waals surface area contributed by atoms with Crippen LogP contribution in [0.25, 0.3) is 10.9 Å². The molecule has 1 saturated heterocycles. The van der Waals surface area contributed by atoms with Gasteiger partial charge in [-0.1, -0.05) is 24.3 Å². The van der Waals surface area contributed by atoms with Crippen LogP contribution >= 0.6 is 0 Å². The van der Waals surface area contributed by atoms with Crippen molar-refractivity contribution in [3.8, 4) is 6.07 Å². The van der Waals surface area contributed by atoms with Gasteiger partial charge in [-0.2, -0.15) is 5.26 Å². The van der Waals surface area contributed by atoms with Gasteiger partial charge >= 0.3 is 0 Å². The first-order valence-electron chi connectivity index (χ1n) is 6.43. The maximum Gasteiger partial charge on any atom is 0.156 e. The van der Waals surface area contributed by atoms with Crippen molar-refractivity contribution in [2.75, 3.05) is 19.7 Å². The Morgan fingerprint density at radius 3 is 3.16 bits per heavy atom. The van der Waals surface area contributed by atoms with Gasteiger partial charge in [-0.05, 0) is 11.6 Å². The number of nitriles is 1. The van der Waals surface area contributed by atoms with Gasteiger partial charge in [0.1, 0.15) is 0 Å². The van der Waals surface area contributed by atoms with E-state index >= 15 is 0 Å². The van der Waals surface area contributed by atoms with Crippen molar-refractivity contribution in [1.82, 2.24) is 9.88 Å². The first kappa shape index (κ1) is 12.1. The third-order valence-corrected chi connectivity index (χ3v) is 3.40. The van der Waals surface area contributed by atoms with Crippen LogP contribution in [0.15, 0.2) is 36.5 Å². The Morgan fingerprint density at radius 1 is 1.37 bits per heavy atom. The van der Waals surface area contributed by atoms with Gasteiger partial charge < -0.3 is 4.74 Å².